The summed E-state index contributed by atoms with van der Waals surface area (Å²) >= 11 is 0. The Morgan fingerprint density at radius 3 is 2.50 bits per heavy atom. The van der Waals surface area contributed by atoms with Crippen LogP contribution in [0.5, 0.6) is 0 Å². The molecule has 146 valence electrons. The van der Waals surface area contributed by atoms with Crippen LogP contribution < -0.4 is 0 Å². The number of carbonyl (C=O) groups is 2. The minimum atomic E-state index is -1.04. The van der Waals surface area contributed by atoms with E-state index in [1.54, 1.807) is 17.8 Å². The van der Waals surface area contributed by atoms with Gasteiger partial charge in [0.25, 0.3) is 5.91 Å². The van der Waals surface area contributed by atoms with E-state index in [9.17, 15) is 14.7 Å². The van der Waals surface area contributed by atoms with Gasteiger partial charge in [0.15, 0.2) is 5.65 Å². The lowest BCUT2D eigenvalue weighted by Crippen LogP contribution is -2.38. The third-order valence-corrected chi connectivity index (χ3v) is 4.47. The van der Waals surface area contributed by atoms with Crippen molar-refractivity contribution in [3.05, 3.63) is 47.7 Å². The van der Waals surface area contributed by atoms with E-state index in [0.29, 0.717) is 34.5 Å². The summed E-state index contributed by atoms with van der Waals surface area (Å²) in [6.45, 7) is 5.74. The van der Waals surface area contributed by atoms with Crippen molar-refractivity contribution in [2.24, 2.45) is 13.0 Å². The van der Waals surface area contributed by atoms with Crippen LogP contribution in [0.3, 0.4) is 0 Å². The lowest BCUT2D eigenvalue weighted by Gasteiger charge is -2.23. The topological polar surface area (TPSA) is 88.3 Å². The van der Waals surface area contributed by atoms with Crippen molar-refractivity contribution in [3.8, 4) is 11.3 Å². The van der Waals surface area contributed by atoms with Gasteiger partial charge in [-0.05, 0) is 18.9 Å². The molecule has 28 heavy (non-hydrogen) atoms. The smallest absolute Gasteiger partial charge is 0.323 e. The molecule has 0 atom stereocenters. The van der Waals surface area contributed by atoms with Crippen molar-refractivity contribution < 1.29 is 14.7 Å². The first-order valence-electron chi connectivity index (χ1n) is 9.18. The van der Waals surface area contributed by atoms with Gasteiger partial charge in [-0.25, -0.2) is 4.98 Å². The van der Waals surface area contributed by atoms with Crippen molar-refractivity contribution in [1.82, 2.24) is 19.7 Å². The van der Waals surface area contributed by atoms with Gasteiger partial charge in [-0.15, -0.1) is 0 Å². The largest absolute Gasteiger partial charge is 0.480 e. The molecule has 0 fully saturated rings. The van der Waals surface area contributed by atoms with Crippen LogP contribution in [-0.4, -0.2) is 49.7 Å². The number of carboxylic acid groups (broad SMARTS) is 1. The Bertz CT molecular complexity index is 1030. The van der Waals surface area contributed by atoms with Crippen molar-refractivity contribution in [2.45, 2.75) is 20.8 Å². The van der Waals surface area contributed by atoms with E-state index in [0.717, 1.165) is 5.56 Å². The predicted molar refractivity (Wildman–Crippen MR) is 107 cm³/mol. The number of fused-ring (bicyclic) bond motifs is 1. The molecule has 0 aliphatic rings. The molecule has 3 aromatic rings. The van der Waals surface area contributed by atoms with E-state index in [2.05, 4.69) is 5.10 Å². The maximum atomic E-state index is 13.4. The Hall–Kier alpha value is -3.22. The highest BCUT2D eigenvalue weighted by Crippen LogP contribution is 2.28. The number of carbonyl (C=O) groups excluding carboxylic acids is 1. The zero-order valence-electron chi connectivity index (χ0n) is 16.5. The normalized spacial score (nSPS) is 11.2. The summed E-state index contributed by atoms with van der Waals surface area (Å²) in [4.78, 5) is 30.8. The highest BCUT2D eigenvalue weighted by molar-refractivity contribution is 6.08. The number of hydrogen-bond acceptors (Lipinski definition) is 4. The molecule has 0 unspecified atom stereocenters. The van der Waals surface area contributed by atoms with Crippen molar-refractivity contribution in [3.63, 3.8) is 0 Å². The Morgan fingerprint density at radius 2 is 1.89 bits per heavy atom. The fourth-order valence-electron chi connectivity index (χ4n) is 3.36. The molecule has 0 spiro atoms. The third kappa shape index (κ3) is 3.88. The van der Waals surface area contributed by atoms with E-state index >= 15 is 0 Å². The Morgan fingerprint density at radius 1 is 1.21 bits per heavy atom. The number of carboxylic acids is 1. The monoisotopic (exact) mass is 380 g/mol. The summed E-state index contributed by atoms with van der Waals surface area (Å²) in [5, 5.41) is 14.3. The van der Waals surface area contributed by atoms with Crippen LogP contribution in [0, 0.1) is 12.8 Å². The number of benzene rings is 1. The molecule has 7 nitrogen and oxygen atoms in total. The first kappa shape index (κ1) is 19.5. The summed E-state index contributed by atoms with van der Waals surface area (Å²) in [6.07, 6.45) is 0. The van der Waals surface area contributed by atoms with E-state index in [1.807, 2.05) is 51.1 Å². The number of aryl methyl sites for hydroxylation is 2. The lowest BCUT2D eigenvalue weighted by atomic mass is 10.0. The molecule has 1 amide bonds. The standard InChI is InChI=1S/C21H24N4O3/c1-13(2)11-25(12-18(26)27)21(28)16-10-17(15-8-6-5-7-9-15)22-20-19(16)14(3)23-24(20)4/h5-10,13H,11-12H2,1-4H3,(H,26,27). The molecule has 0 aliphatic heterocycles. The summed E-state index contributed by atoms with van der Waals surface area (Å²) in [5.41, 5.74) is 3.25. The van der Waals surface area contributed by atoms with Gasteiger partial charge in [-0.3, -0.25) is 14.3 Å². The molecule has 0 bridgehead atoms. The van der Waals surface area contributed by atoms with Gasteiger partial charge in [0.05, 0.1) is 22.3 Å². The molecule has 1 N–H and O–H groups in total. The first-order chi connectivity index (χ1) is 13.3. The Balaban J connectivity index is 2.20. The zero-order chi connectivity index (χ0) is 20.4. The minimum absolute atomic E-state index is 0.143. The average molecular weight is 380 g/mol. The highest BCUT2D eigenvalue weighted by Gasteiger charge is 2.25. The van der Waals surface area contributed by atoms with Gasteiger partial charge in [-0.2, -0.15) is 5.10 Å². The summed E-state index contributed by atoms with van der Waals surface area (Å²) in [5.74, 6) is -1.22. The Kier molecular flexibility index (Phi) is 5.44. The van der Waals surface area contributed by atoms with Gasteiger partial charge in [-0.1, -0.05) is 44.2 Å². The SMILES string of the molecule is Cc1nn(C)c2nc(-c3ccccc3)cc(C(=O)N(CC(=O)O)CC(C)C)c12. The number of hydrogen-bond donors (Lipinski definition) is 1. The van der Waals surface area contributed by atoms with Crippen LogP contribution >= 0.6 is 0 Å². The minimum Gasteiger partial charge on any atom is -0.480 e. The van der Waals surface area contributed by atoms with Crippen LogP contribution in [0.1, 0.15) is 29.9 Å². The first-order valence-corrected chi connectivity index (χ1v) is 9.18. The summed E-state index contributed by atoms with van der Waals surface area (Å²) in [6, 6.07) is 11.3. The zero-order valence-corrected chi connectivity index (χ0v) is 16.5. The summed E-state index contributed by atoms with van der Waals surface area (Å²) in [7, 11) is 1.79. The van der Waals surface area contributed by atoms with Gasteiger partial charge >= 0.3 is 5.97 Å². The molecule has 3 rings (SSSR count). The third-order valence-electron chi connectivity index (χ3n) is 4.47. The van der Waals surface area contributed by atoms with E-state index < -0.39 is 5.97 Å². The second kappa shape index (κ2) is 7.80. The van der Waals surface area contributed by atoms with Gasteiger partial charge in [0, 0.05) is 19.2 Å². The van der Waals surface area contributed by atoms with Crippen LogP contribution in [0.25, 0.3) is 22.3 Å². The van der Waals surface area contributed by atoms with Crippen molar-refractivity contribution in [2.75, 3.05) is 13.1 Å². The second-order valence-electron chi connectivity index (χ2n) is 7.30. The maximum Gasteiger partial charge on any atom is 0.323 e. The second-order valence-corrected chi connectivity index (χ2v) is 7.30. The molecule has 0 saturated carbocycles. The van der Waals surface area contributed by atoms with Crippen LogP contribution in [0.2, 0.25) is 0 Å². The van der Waals surface area contributed by atoms with E-state index in [4.69, 9.17) is 4.98 Å². The van der Waals surface area contributed by atoms with Crippen LogP contribution in [0.4, 0.5) is 0 Å². The number of nitrogens with zero attached hydrogens (tertiary/aromatic N) is 4. The quantitative estimate of drug-likeness (QED) is 0.710. The molecular formula is C21H24N4O3. The molecule has 0 radical (unpaired) electrons. The average Bonchev–Trinajstić information content (AvgIpc) is 2.94. The number of rotatable bonds is 6. The number of aromatic nitrogens is 3. The molecule has 2 aromatic heterocycles. The van der Waals surface area contributed by atoms with Gasteiger partial charge in [0.1, 0.15) is 6.54 Å². The van der Waals surface area contributed by atoms with E-state index in [1.165, 1.54) is 4.90 Å². The lowest BCUT2D eigenvalue weighted by molar-refractivity contribution is -0.137. The number of aliphatic carboxylic acids is 1. The molecular weight excluding hydrogens is 356 g/mol. The van der Waals surface area contributed by atoms with Crippen molar-refractivity contribution in [1.29, 1.82) is 0 Å². The number of amides is 1. The molecule has 0 saturated heterocycles. The summed E-state index contributed by atoms with van der Waals surface area (Å²) < 4.78 is 1.65. The van der Waals surface area contributed by atoms with Crippen LogP contribution in [0.15, 0.2) is 36.4 Å². The van der Waals surface area contributed by atoms with E-state index in [-0.39, 0.29) is 18.4 Å². The molecule has 7 heteroatoms. The predicted octanol–water partition coefficient (Wildman–Crippen LogP) is 3.13. The Labute approximate surface area is 163 Å². The van der Waals surface area contributed by atoms with Crippen molar-refractivity contribution >= 4 is 22.9 Å². The highest BCUT2D eigenvalue weighted by atomic mass is 16.4. The molecule has 0 aliphatic carbocycles. The van der Waals surface area contributed by atoms with Crippen LogP contribution in [-0.2, 0) is 11.8 Å². The van der Waals surface area contributed by atoms with Gasteiger partial charge < -0.3 is 10.0 Å². The number of pyridine rings is 1. The molecule has 2 heterocycles. The maximum absolute atomic E-state index is 13.4. The fourth-order valence-corrected chi connectivity index (χ4v) is 3.36. The van der Waals surface area contributed by atoms with Gasteiger partial charge in [0.2, 0.25) is 0 Å². The fraction of sp³-hybridized carbons (Fsp3) is 0.333. The molecule has 1 aromatic carbocycles.